The summed E-state index contributed by atoms with van der Waals surface area (Å²) in [6.45, 7) is 11.0. The number of carbonyl (C=O) groups excluding carboxylic acids is 4. The third-order valence-electron chi connectivity index (χ3n) is 11.8. The Balaban J connectivity index is 0.000000177. The minimum atomic E-state index is -1.22. The molecule has 1 aliphatic heterocycles. The quantitative estimate of drug-likeness (QED) is 0.151. The monoisotopic (exact) mass is 885 g/mol. The molecule has 3 amide bonds. The van der Waals surface area contributed by atoms with E-state index >= 15 is 0 Å². The third-order valence-corrected chi connectivity index (χ3v) is 11.8. The zero-order chi connectivity index (χ0) is 46.3. The van der Waals surface area contributed by atoms with Gasteiger partial charge in [-0.1, -0.05) is 12.1 Å². The van der Waals surface area contributed by atoms with Gasteiger partial charge in [0, 0.05) is 37.4 Å². The Morgan fingerprint density at radius 2 is 1.18 bits per heavy atom. The first-order chi connectivity index (χ1) is 31.0. The zero-order valence-electron chi connectivity index (χ0n) is 36.4. The molecule has 1 saturated heterocycles. The number of nitrogens with one attached hydrogen (secondary N) is 2. The molecule has 2 atom stereocenters. The fourth-order valence-electron chi connectivity index (χ4n) is 8.61. The molecule has 6 aromatic rings. The summed E-state index contributed by atoms with van der Waals surface area (Å²) in [6, 6.07) is 12.3. The number of benzene rings is 2. The Kier molecular flexibility index (Phi) is 11.9. The molecule has 0 saturated carbocycles. The maximum atomic E-state index is 13.3. The largest absolute Gasteiger partial charge is 0.478 e. The number of carboxylic acid groups (broad SMARTS) is 2. The van der Waals surface area contributed by atoms with Crippen molar-refractivity contribution in [2.24, 2.45) is 0 Å². The molecule has 4 aromatic heterocycles. The van der Waals surface area contributed by atoms with E-state index in [9.17, 15) is 39.0 Å². The predicted octanol–water partition coefficient (Wildman–Crippen LogP) is 4.73. The zero-order valence-corrected chi connectivity index (χ0v) is 36.4. The number of hydrogen-bond acceptors (Lipinski definition) is 12. The summed E-state index contributed by atoms with van der Waals surface area (Å²) in [5.74, 6) is -3.63. The fraction of sp³-hybridized carbons (Fsp3) is 0.348. The molecule has 5 heterocycles. The lowest BCUT2D eigenvalue weighted by Gasteiger charge is -2.26. The molecule has 65 heavy (non-hydrogen) atoms. The molecule has 9 rings (SSSR count). The maximum Gasteiger partial charge on any atom is 0.354 e. The minimum absolute atomic E-state index is 0.0907. The van der Waals surface area contributed by atoms with Gasteiger partial charge in [0.05, 0.1) is 48.8 Å². The third kappa shape index (κ3) is 8.86. The first kappa shape index (κ1) is 44.1. The molecule has 0 radical (unpaired) electrons. The summed E-state index contributed by atoms with van der Waals surface area (Å²) >= 11 is 0. The van der Waals surface area contributed by atoms with E-state index in [0.29, 0.717) is 63.2 Å². The molecular weight excluding hydrogens is 839 g/mol. The number of morpholine rings is 1. The molecule has 0 bridgehead atoms. The van der Waals surface area contributed by atoms with E-state index in [0.717, 1.165) is 33.4 Å². The van der Waals surface area contributed by atoms with Gasteiger partial charge in [0.1, 0.15) is 22.7 Å². The first-order valence-corrected chi connectivity index (χ1v) is 21.1. The SMILES string of the molecule is Cc1c(C(=O)O)ccc2c1CC[C@@H]2NC(=O)c1cc(C(=O)N2CCOCC2)nc2ccnn12.Cc1c(C(=O)OC(C)(C)C)ccc2c1CC[C@@H]2NC(=O)c1cc(C(=O)O)nc2ccnn12. The molecule has 19 nitrogen and oxygen atoms in total. The maximum absolute atomic E-state index is 13.3. The van der Waals surface area contributed by atoms with Gasteiger partial charge < -0.3 is 35.2 Å². The van der Waals surface area contributed by atoms with Crippen LogP contribution in [0.1, 0.15) is 142 Å². The lowest BCUT2D eigenvalue weighted by molar-refractivity contribution is 0.00677. The molecule has 0 unspecified atom stereocenters. The fourth-order valence-corrected chi connectivity index (χ4v) is 8.61. The van der Waals surface area contributed by atoms with Crippen molar-refractivity contribution in [3.63, 3.8) is 0 Å². The molecule has 4 N–H and O–H groups in total. The number of carboxylic acids is 2. The summed E-state index contributed by atoms with van der Waals surface area (Å²) in [5.41, 5.74) is 6.57. The van der Waals surface area contributed by atoms with Crippen LogP contribution in [-0.4, -0.2) is 112 Å². The van der Waals surface area contributed by atoms with Crippen molar-refractivity contribution >= 4 is 46.9 Å². The van der Waals surface area contributed by atoms with Gasteiger partial charge in [0.25, 0.3) is 17.7 Å². The number of esters is 1. The lowest BCUT2D eigenvalue weighted by atomic mass is 9.97. The van der Waals surface area contributed by atoms with Crippen molar-refractivity contribution in [2.45, 2.75) is 78.0 Å². The average Bonchev–Trinajstić information content (AvgIpc) is 4.10. The smallest absolute Gasteiger partial charge is 0.354 e. The van der Waals surface area contributed by atoms with Crippen LogP contribution in [0.3, 0.4) is 0 Å². The van der Waals surface area contributed by atoms with Gasteiger partial charge in [0.15, 0.2) is 17.0 Å². The number of aromatic carboxylic acids is 2. The van der Waals surface area contributed by atoms with Crippen LogP contribution in [0.5, 0.6) is 0 Å². The Morgan fingerprint density at radius 3 is 1.69 bits per heavy atom. The van der Waals surface area contributed by atoms with Crippen LogP contribution >= 0.6 is 0 Å². The molecule has 1 fully saturated rings. The number of hydrogen-bond donors (Lipinski definition) is 4. The van der Waals surface area contributed by atoms with E-state index in [1.54, 1.807) is 36.1 Å². The van der Waals surface area contributed by atoms with E-state index in [2.05, 4.69) is 30.8 Å². The molecule has 336 valence electrons. The topological polar surface area (TPSA) is 249 Å². The van der Waals surface area contributed by atoms with Crippen LogP contribution in [0, 0.1) is 13.8 Å². The summed E-state index contributed by atoms with van der Waals surface area (Å²) in [4.78, 5) is 84.8. The van der Waals surface area contributed by atoms with Crippen LogP contribution < -0.4 is 10.6 Å². The number of amides is 3. The Morgan fingerprint density at radius 1 is 0.692 bits per heavy atom. The van der Waals surface area contributed by atoms with Crippen LogP contribution in [0.25, 0.3) is 11.3 Å². The van der Waals surface area contributed by atoms with Crippen molar-refractivity contribution in [1.82, 2.24) is 44.7 Å². The Hall–Kier alpha value is -7.54. The Labute approximate surface area is 371 Å². The van der Waals surface area contributed by atoms with Crippen LogP contribution in [0.2, 0.25) is 0 Å². The minimum Gasteiger partial charge on any atom is -0.478 e. The van der Waals surface area contributed by atoms with Crippen molar-refractivity contribution < 1.29 is 48.5 Å². The molecule has 0 spiro atoms. The van der Waals surface area contributed by atoms with Gasteiger partial charge in [0.2, 0.25) is 0 Å². The van der Waals surface area contributed by atoms with E-state index in [4.69, 9.17) is 9.47 Å². The van der Waals surface area contributed by atoms with Gasteiger partial charge in [-0.05, 0) is 106 Å². The second-order valence-corrected chi connectivity index (χ2v) is 17.0. The van der Waals surface area contributed by atoms with E-state index < -0.39 is 23.4 Å². The van der Waals surface area contributed by atoms with Crippen LogP contribution in [-0.2, 0) is 22.3 Å². The van der Waals surface area contributed by atoms with Crippen molar-refractivity contribution in [3.05, 3.63) is 128 Å². The molecule has 3 aliphatic rings. The number of ether oxygens (including phenoxy) is 2. The predicted molar refractivity (Wildman–Crippen MR) is 231 cm³/mol. The van der Waals surface area contributed by atoms with E-state index in [1.807, 2.05) is 33.8 Å². The summed E-state index contributed by atoms with van der Waals surface area (Å²) in [5, 5.41) is 33.0. The van der Waals surface area contributed by atoms with Crippen molar-refractivity contribution in [2.75, 3.05) is 26.3 Å². The van der Waals surface area contributed by atoms with Gasteiger partial charge in [-0.15, -0.1) is 0 Å². The average molecular weight is 886 g/mol. The van der Waals surface area contributed by atoms with Gasteiger partial charge in [-0.25, -0.2) is 33.4 Å². The summed E-state index contributed by atoms with van der Waals surface area (Å²) < 4.78 is 13.5. The molecule has 19 heteroatoms. The first-order valence-electron chi connectivity index (χ1n) is 21.1. The number of rotatable bonds is 8. The van der Waals surface area contributed by atoms with Crippen LogP contribution in [0.15, 0.2) is 60.9 Å². The second-order valence-electron chi connectivity index (χ2n) is 17.0. The number of nitrogens with zero attached hydrogens (tertiary/aromatic N) is 7. The second kappa shape index (κ2) is 17.6. The highest BCUT2D eigenvalue weighted by Gasteiger charge is 2.32. The highest BCUT2D eigenvalue weighted by molar-refractivity contribution is 5.99. The molecule has 2 aromatic carbocycles. The van der Waals surface area contributed by atoms with Gasteiger partial charge in [-0.2, -0.15) is 10.2 Å². The molecule has 2 aliphatic carbocycles. The highest BCUT2D eigenvalue weighted by Crippen LogP contribution is 2.36. The summed E-state index contributed by atoms with van der Waals surface area (Å²) in [7, 11) is 0. The highest BCUT2D eigenvalue weighted by atomic mass is 16.6. The summed E-state index contributed by atoms with van der Waals surface area (Å²) in [6.07, 6.45) is 5.70. The Bertz CT molecular complexity index is 2930. The van der Waals surface area contributed by atoms with E-state index in [-0.39, 0.29) is 63.9 Å². The van der Waals surface area contributed by atoms with Gasteiger partial charge in [-0.3, -0.25) is 14.4 Å². The number of aromatic nitrogens is 6. The van der Waals surface area contributed by atoms with Crippen molar-refractivity contribution in [3.8, 4) is 0 Å². The van der Waals surface area contributed by atoms with Crippen LogP contribution in [0.4, 0.5) is 0 Å². The molecular formula is C46H47N9O10. The number of fused-ring (bicyclic) bond motifs is 4. The number of carbonyl (C=O) groups is 6. The normalized spacial score (nSPS) is 16.6. The standard InChI is InChI=1S/C23H23N5O5.C23H24N4O5/c1-13-14-4-5-17(16(14)3-2-15(13)23(31)32)26-21(29)19-12-18(25-20-6-7-24-28(19)20)22(30)27-8-10-33-11-9-27;1-12-13-7-8-16(15(13)6-5-14(12)22(31)32-23(2,3)4)26-20(28)18-11-17(21(29)30)25-19-9-10-24-27(18)19/h2-3,6-7,12,17H,4-5,8-11H2,1H3,(H,26,29)(H,31,32);5-6,9-11,16H,7-8H2,1-4H3,(H,26,28)(H,29,30)/t17-;16-/m00/s1. The van der Waals surface area contributed by atoms with Crippen molar-refractivity contribution in [1.29, 1.82) is 0 Å². The van der Waals surface area contributed by atoms with Gasteiger partial charge >= 0.3 is 17.9 Å². The lowest BCUT2D eigenvalue weighted by Crippen LogP contribution is -2.41. The van der Waals surface area contributed by atoms with E-state index in [1.165, 1.54) is 39.6 Å².